The molecule has 1 atom stereocenters. The highest BCUT2D eigenvalue weighted by Gasteiger charge is 2.28. The summed E-state index contributed by atoms with van der Waals surface area (Å²) in [5, 5.41) is 0. The number of aldehydes is 1. The van der Waals surface area contributed by atoms with Gasteiger partial charge in [0.15, 0.2) is 9.84 Å². The lowest BCUT2D eigenvalue weighted by atomic mass is 9.86. The summed E-state index contributed by atoms with van der Waals surface area (Å²) in [4.78, 5) is 13.3. The van der Waals surface area contributed by atoms with Crippen molar-refractivity contribution in [2.75, 3.05) is 31.1 Å². The molecule has 1 fully saturated rings. The molecule has 0 aromatic carbocycles. The van der Waals surface area contributed by atoms with E-state index in [2.05, 4.69) is 11.8 Å². The average Bonchev–Trinajstić information content (AvgIpc) is 2.41. The van der Waals surface area contributed by atoms with Crippen molar-refractivity contribution in [3.8, 4) is 0 Å². The Balaban J connectivity index is 2.59. The van der Waals surface area contributed by atoms with Crippen LogP contribution in [0.1, 0.15) is 33.1 Å². The summed E-state index contributed by atoms with van der Waals surface area (Å²) < 4.78 is 23.0. The van der Waals surface area contributed by atoms with E-state index in [1.54, 1.807) is 0 Å². The van der Waals surface area contributed by atoms with Gasteiger partial charge in [0.1, 0.15) is 6.29 Å². The minimum absolute atomic E-state index is 0.230. The van der Waals surface area contributed by atoms with Crippen LogP contribution >= 0.6 is 0 Å². The lowest BCUT2D eigenvalue weighted by Gasteiger charge is -2.30. The minimum atomic E-state index is -2.86. The van der Waals surface area contributed by atoms with Crippen molar-refractivity contribution in [1.29, 1.82) is 0 Å². The number of rotatable bonds is 5. The third-order valence-electron chi connectivity index (χ3n) is 3.34. The molecule has 1 heterocycles. The van der Waals surface area contributed by atoms with Gasteiger partial charge < -0.3 is 9.69 Å². The molecule has 100 valence electrons. The van der Waals surface area contributed by atoms with Gasteiger partial charge >= 0.3 is 0 Å². The maximum atomic E-state index is 11.5. The van der Waals surface area contributed by atoms with Crippen molar-refractivity contribution >= 4 is 16.1 Å². The number of carbonyl (C=O) groups excluding carboxylic acids is 1. The van der Waals surface area contributed by atoms with Gasteiger partial charge in [0.25, 0.3) is 0 Å². The fourth-order valence-corrected chi connectivity index (χ4v) is 3.71. The molecule has 0 aromatic rings. The number of hydrogen-bond acceptors (Lipinski definition) is 4. The van der Waals surface area contributed by atoms with E-state index in [1.165, 1.54) is 0 Å². The highest BCUT2D eigenvalue weighted by atomic mass is 32.2. The van der Waals surface area contributed by atoms with E-state index >= 15 is 0 Å². The number of nitrogens with zero attached hydrogens (tertiary/aromatic N) is 1. The molecule has 0 bridgehead atoms. The molecular formula is C12H23NO3S. The molecule has 5 heteroatoms. The molecule has 4 nitrogen and oxygen atoms in total. The maximum Gasteiger partial charge on any atom is 0.151 e. The molecule has 0 N–H and O–H groups in total. The van der Waals surface area contributed by atoms with Gasteiger partial charge in [-0.1, -0.05) is 20.3 Å². The SMILES string of the molecule is CCCC(C)(C=O)CN1CCCS(=O)(=O)CC1. The normalized spacial score (nSPS) is 24.8. The summed E-state index contributed by atoms with van der Waals surface area (Å²) in [6.45, 7) is 6.05. The van der Waals surface area contributed by atoms with Crippen LogP contribution < -0.4 is 0 Å². The Hall–Kier alpha value is -0.420. The third kappa shape index (κ3) is 4.76. The van der Waals surface area contributed by atoms with Crippen LogP contribution in [0, 0.1) is 5.41 Å². The topological polar surface area (TPSA) is 54.5 Å². The standard InChI is InChI=1S/C12H23NO3S/c1-3-5-12(2,11-14)10-13-6-4-8-17(15,16)9-7-13/h11H,3-10H2,1-2H3. The van der Waals surface area contributed by atoms with Crippen LogP contribution in [0.5, 0.6) is 0 Å². The van der Waals surface area contributed by atoms with Gasteiger partial charge in [0.05, 0.1) is 11.5 Å². The van der Waals surface area contributed by atoms with Gasteiger partial charge in [-0.3, -0.25) is 0 Å². The summed E-state index contributed by atoms with van der Waals surface area (Å²) in [5.41, 5.74) is -0.331. The molecule has 0 amide bonds. The highest BCUT2D eigenvalue weighted by molar-refractivity contribution is 7.91. The lowest BCUT2D eigenvalue weighted by Crippen LogP contribution is -2.38. The van der Waals surface area contributed by atoms with E-state index in [-0.39, 0.29) is 16.9 Å². The number of carbonyl (C=O) groups is 1. The monoisotopic (exact) mass is 261 g/mol. The molecule has 0 spiro atoms. The summed E-state index contributed by atoms with van der Waals surface area (Å²) in [6, 6.07) is 0. The molecule has 0 aliphatic carbocycles. The summed E-state index contributed by atoms with van der Waals surface area (Å²) in [7, 11) is -2.86. The molecule has 1 aliphatic heterocycles. The molecule has 1 aliphatic rings. The largest absolute Gasteiger partial charge is 0.303 e. The van der Waals surface area contributed by atoms with Gasteiger partial charge in [-0.05, 0) is 19.4 Å². The van der Waals surface area contributed by atoms with E-state index in [0.717, 1.165) is 25.7 Å². The van der Waals surface area contributed by atoms with E-state index in [9.17, 15) is 13.2 Å². The first-order valence-corrected chi connectivity index (χ1v) is 8.12. The molecule has 1 unspecified atom stereocenters. The summed E-state index contributed by atoms with van der Waals surface area (Å²) in [6.07, 6.45) is 3.54. The van der Waals surface area contributed by atoms with Gasteiger partial charge in [-0.25, -0.2) is 8.42 Å². The molecule has 1 rings (SSSR count). The predicted octanol–water partition coefficient (Wildman–Crippen LogP) is 1.11. The van der Waals surface area contributed by atoms with E-state index in [4.69, 9.17) is 0 Å². The van der Waals surface area contributed by atoms with Crippen molar-refractivity contribution in [2.24, 2.45) is 5.41 Å². The third-order valence-corrected chi connectivity index (χ3v) is 5.05. The lowest BCUT2D eigenvalue weighted by molar-refractivity contribution is -0.116. The summed E-state index contributed by atoms with van der Waals surface area (Å²) >= 11 is 0. The van der Waals surface area contributed by atoms with Crippen molar-refractivity contribution in [3.05, 3.63) is 0 Å². The summed E-state index contributed by atoms with van der Waals surface area (Å²) in [5.74, 6) is 0.517. The zero-order chi connectivity index (χ0) is 12.9. The Morgan fingerprint density at radius 3 is 2.59 bits per heavy atom. The van der Waals surface area contributed by atoms with Crippen molar-refractivity contribution in [1.82, 2.24) is 4.90 Å². The van der Waals surface area contributed by atoms with E-state index in [1.807, 2.05) is 6.92 Å². The second kappa shape index (κ2) is 5.96. The Bertz CT molecular complexity index is 353. The second-order valence-electron chi connectivity index (χ2n) is 5.30. The predicted molar refractivity (Wildman–Crippen MR) is 68.8 cm³/mol. The maximum absolute atomic E-state index is 11.5. The van der Waals surface area contributed by atoms with Gasteiger partial charge in [0, 0.05) is 18.5 Å². The first kappa shape index (κ1) is 14.6. The molecule has 0 saturated carbocycles. The number of hydrogen-bond donors (Lipinski definition) is 0. The number of sulfone groups is 1. The van der Waals surface area contributed by atoms with E-state index in [0.29, 0.717) is 19.5 Å². The van der Waals surface area contributed by atoms with Crippen LogP contribution in [0.4, 0.5) is 0 Å². The van der Waals surface area contributed by atoms with Crippen LogP contribution in [0.15, 0.2) is 0 Å². The van der Waals surface area contributed by atoms with Gasteiger partial charge in [0.2, 0.25) is 0 Å². The van der Waals surface area contributed by atoms with Crippen LogP contribution in [0.25, 0.3) is 0 Å². The zero-order valence-electron chi connectivity index (χ0n) is 10.8. The Kier molecular flexibility index (Phi) is 5.13. The Morgan fingerprint density at radius 1 is 1.29 bits per heavy atom. The quantitative estimate of drug-likeness (QED) is 0.696. The first-order valence-electron chi connectivity index (χ1n) is 6.30. The Labute approximate surface area is 104 Å². The molecule has 0 aromatic heterocycles. The average molecular weight is 261 g/mol. The zero-order valence-corrected chi connectivity index (χ0v) is 11.6. The minimum Gasteiger partial charge on any atom is -0.303 e. The van der Waals surface area contributed by atoms with Crippen molar-refractivity contribution in [3.63, 3.8) is 0 Å². The van der Waals surface area contributed by atoms with E-state index < -0.39 is 9.84 Å². The second-order valence-corrected chi connectivity index (χ2v) is 7.61. The van der Waals surface area contributed by atoms with Crippen LogP contribution in [0.3, 0.4) is 0 Å². The molecule has 1 saturated heterocycles. The fourth-order valence-electron chi connectivity index (χ4n) is 2.41. The van der Waals surface area contributed by atoms with Crippen LogP contribution in [0.2, 0.25) is 0 Å². The van der Waals surface area contributed by atoms with Gasteiger partial charge in [-0.15, -0.1) is 0 Å². The molecule has 0 radical (unpaired) electrons. The Morgan fingerprint density at radius 2 is 2.00 bits per heavy atom. The van der Waals surface area contributed by atoms with Crippen molar-refractivity contribution in [2.45, 2.75) is 33.1 Å². The molecular weight excluding hydrogens is 238 g/mol. The van der Waals surface area contributed by atoms with Gasteiger partial charge in [-0.2, -0.15) is 0 Å². The highest BCUT2D eigenvalue weighted by Crippen LogP contribution is 2.22. The van der Waals surface area contributed by atoms with Crippen molar-refractivity contribution < 1.29 is 13.2 Å². The van der Waals surface area contributed by atoms with Crippen LogP contribution in [-0.4, -0.2) is 50.7 Å². The molecule has 17 heavy (non-hydrogen) atoms. The fraction of sp³-hybridized carbons (Fsp3) is 0.917. The smallest absolute Gasteiger partial charge is 0.151 e. The van der Waals surface area contributed by atoms with Crippen LogP contribution in [-0.2, 0) is 14.6 Å². The first-order chi connectivity index (χ1) is 7.91.